The molecule has 0 aromatic heterocycles. The first-order valence-corrected chi connectivity index (χ1v) is 9.89. The van der Waals surface area contributed by atoms with Crippen molar-refractivity contribution in [1.29, 1.82) is 0 Å². The molecule has 0 aliphatic heterocycles. The van der Waals surface area contributed by atoms with Crippen LogP contribution in [-0.2, 0) is 25.2 Å². The van der Waals surface area contributed by atoms with Crippen LogP contribution in [0.1, 0.15) is 35.2 Å². The van der Waals surface area contributed by atoms with Gasteiger partial charge < -0.3 is 0 Å². The predicted octanol–water partition coefficient (Wildman–Crippen LogP) is 1.96. The average molecular weight is 434 g/mol. The number of ketones is 3. The standard InChI is InChI=1S/C15H15IO5S/c1-22(20,21)8-9-7-10(16)5-6-11(9)15(19)14-12(17)3-2-4-13(14)18/h5-7,14H,2-4,8H2,1H3. The van der Waals surface area contributed by atoms with Crippen molar-refractivity contribution in [2.45, 2.75) is 25.0 Å². The Morgan fingerprint density at radius 3 is 2.36 bits per heavy atom. The van der Waals surface area contributed by atoms with Crippen LogP contribution in [0.2, 0.25) is 0 Å². The maximum Gasteiger partial charge on any atom is 0.181 e. The summed E-state index contributed by atoms with van der Waals surface area (Å²) >= 11 is 2.02. The van der Waals surface area contributed by atoms with Crippen LogP contribution in [0.15, 0.2) is 18.2 Å². The molecule has 0 bridgehead atoms. The Morgan fingerprint density at radius 2 is 1.82 bits per heavy atom. The average Bonchev–Trinajstić information content (AvgIpc) is 2.36. The fraction of sp³-hybridized carbons (Fsp3) is 0.400. The zero-order valence-electron chi connectivity index (χ0n) is 12.0. The molecule has 0 atom stereocenters. The SMILES string of the molecule is CS(=O)(=O)Cc1cc(I)ccc1C(=O)C1C(=O)CCCC1=O. The van der Waals surface area contributed by atoms with Gasteiger partial charge in [-0.05, 0) is 46.7 Å². The lowest BCUT2D eigenvalue weighted by molar-refractivity contribution is -0.133. The summed E-state index contributed by atoms with van der Waals surface area (Å²) in [5.41, 5.74) is 0.491. The van der Waals surface area contributed by atoms with Crippen LogP contribution in [-0.4, -0.2) is 32.0 Å². The zero-order chi connectivity index (χ0) is 16.5. The molecule has 1 saturated carbocycles. The summed E-state index contributed by atoms with van der Waals surface area (Å²) in [7, 11) is -3.33. The number of carbonyl (C=O) groups is 3. The number of hydrogen-bond acceptors (Lipinski definition) is 5. The molecule has 0 heterocycles. The van der Waals surface area contributed by atoms with Gasteiger partial charge in [0.15, 0.2) is 27.2 Å². The number of halogens is 1. The molecule has 0 radical (unpaired) electrons. The second-order valence-corrected chi connectivity index (χ2v) is 8.84. The van der Waals surface area contributed by atoms with Crippen molar-refractivity contribution in [2.75, 3.05) is 6.26 Å². The molecule has 5 nitrogen and oxygen atoms in total. The minimum absolute atomic E-state index is 0.152. The number of sulfone groups is 1. The highest BCUT2D eigenvalue weighted by Gasteiger charge is 2.37. The van der Waals surface area contributed by atoms with E-state index >= 15 is 0 Å². The molecule has 1 aliphatic rings. The molecule has 2 rings (SSSR count). The molecule has 1 aromatic rings. The van der Waals surface area contributed by atoms with E-state index in [4.69, 9.17) is 0 Å². The van der Waals surface area contributed by atoms with E-state index in [9.17, 15) is 22.8 Å². The quantitative estimate of drug-likeness (QED) is 0.411. The van der Waals surface area contributed by atoms with Crippen LogP contribution in [0, 0.1) is 9.49 Å². The molecule has 1 fully saturated rings. The Bertz CT molecular complexity index is 735. The van der Waals surface area contributed by atoms with Gasteiger partial charge in [-0.2, -0.15) is 0 Å². The second-order valence-electron chi connectivity index (χ2n) is 5.46. The van der Waals surface area contributed by atoms with E-state index in [0.717, 1.165) is 9.83 Å². The first kappa shape index (κ1) is 17.3. The molecule has 0 unspecified atom stereocenters. The van der Waals surface area contributed by atoms with E-state index in [1.807, 2.05) is 22.6 Å². The minimum Gasteiger partial charge on any atom is -0.298 e. The smallest absolute Gasteiger partial charge is 0.181 e. The molecule has 0 amide bonds. The zero-order valence-corrected chi connectivity index (χ0v) is 14.9. The summed E-state index contributed by atoms with van der Waals surface area (Å²) in [6.45, 7) is 0. The van der Waals surface area contributed by atoms with Crippen molar-refractivity contribution < 1.29 is 22.8 Å². The van der Waals surface area contributed by atoms with E-state index in [1.54, 1.807) is 12.1 Å². The molecule has 0 N–H and O–H groups in total. The van der Waals surface area contributed by atoms with Gasteiger partial charge in [-0.25, -0.2) is 8.42 Å². The molecule has 1 aliphatic carbocycles. The van der Waals surface area contributed by atoms with Gasteiger partial charge in [0.25, 0.3) is 0 Å². The van der Waals surface area contributed by atoms with Crippen molar-refractivity contribution in [3.05, 3.63) is 32.9 Å². The molecule has 7 heteroatoms. The first-order valence-electron chi connectivity index (χ1n) is 6.75. The van der Waals surface area contributed by atoms with Gasteiger partial charge in [-0.15, -0.1) is 0 Å². The van der Waals surface area contributed by atoms with Gasteiger partial charge in [0, 0.05) is 28.2 Å². The van der Waals surface area contributed by atoms with Crippen molar-refractivity contribution in [1.82, 2.24) is 0 Å². The highest BCUT2D eigenvalue weighted by Crippen LogP contribution is 2.25. The van der Waals surface area contributed by atoms with Gasteiger partial charge in [0.05, 0.1) is 5.75 Å². The fourth-order valence-electron chi connectivity index (χ4n) is 2.56. The highest BCUT2D eigenvalue weighted by atomic mass is 127. The number of carbonyl (C=O) groups excluding carboxylic acids is 3. The second kappa shape index (κ2) is 6.57. The minimum atomic E-state index is -3.33. The number of hydrogen-bond donors (Lipinski definition) is 0. The molecular formula is C15H15IO5S. The molecule has 0 spiro atoms. The van der Waals surface area contributed by atoms with Crippen LogP contribution in [0.25, 0.3) is 0 Å². The molecule has 0 saturated heterocycles. The van der Waals surface area contributed by atoms with Crippen molar-refractivity contribution in [3.63, 3.8) is 0 Å². The van der Waals surface area contributed by atoms with E-state index in [2.05, 4.69) is 0 Å². The number of benzene rings is 1. The maximum absolute atomic E-state index is 12.6. The van der Waals surface area contributed by atoms with Crippen LogP contribution in [0.3, 0.4) is 0 Å². The maximum atomic E-state index is 12.6. The number of Topliss-reactive ketones (excluding diaryl/α,β-unsaturated/α-hetero) is 3. The molecular weight excluding hydrogens is 419 g/mol. The summed E-state index contributed by atoms with van der Waals surface area (Å²) < 4.78 is 23.9. The Hall–Kier alpha value is -1.09. The Morgan fingerprint density at radius 1 is 1.23 bits per heavy atom. The monoisotopic (exact) mass is 434 g/mol. The summed E-state index contributed by atoms with van der Waals surface area (Å²) in [5.74, 6) is -2.88. The third-order valence-electron chi connectivity index (χ3n) is 3.50. The summed E-state index contributed by atoms with van der Waals surface area (Å²) in [6, 6.07) is 4.77. The summed E-state index contributed by atoms with van der Waals surface area (Å²) in [4.78, 5) is 36.4. The van der Waals surface area contributed by atoms with Gasteiger partial charge in [0.1, 0.15) is 5.92 Å². The lowest BCUT2D eigenvalue weighted by Crippen LogP contribution is -2.35. The van der Waals surface area contributed by atoms with Crippen molar-refractivity contribution >= 4 is 49.8 Å². The topological polar surface area (TPSA) is 85.3 Å². The van der Waals surface area contributed by atoms with Crippen molar-refractivity contribution in [2.24, 2.45) is 5.92 Å². The van der Waals surface area contributed by atoms with E-state index in [1.165, 1.54) is 6.07 Å². The third kappa shape index (κ3) is 4.01. The van der Waals surface area contributed by atoms with Crippen molar-refractivity contribution in [3.8, 4) is 0 Å². The Labute approximate surface area is 142 Å². The van der Waals surface area contributed by atoms with E-state index < -0.39 is 21.5 Å². The third-order valence-corrected chi connectivity index (χ3v) is 5.01. The van der Waals surface area contributed by atoms with Crippen LogP contribution >= 0.6 is 22.6 Å². The van der Waals surface area contributed by atoms with E-state index in [0.29, 0.717) is 12.0 Å². The van der Waals surface area contributed by atoms with Gasteiger partial charge >= 0.3 is 0 Å². The summed E-state index contributed by atoms with van der Waals surface area (Å²) in [6.07, 6.45) is 1.99. The van der Waals surface area contributed by atoms with Gasteiger partial charge in [0.2, 0.25) is 0 Å². The summed E-state index contributed by atoms with van der Waals surface area (Å²) in [5, 5.41) is 0. The van der Waals surface area contributed by atoms with Crippen LogP contribution in [0.4, 0.5) is 0 Å². The van der Waals surface area contributed by atoms with Gasteiger partial charge in [-0.1, -0.05) is 6.07 Å². The first-order chi connectivity index (χ1) is 10.2. The lowest BCUT2D eigenvalue weighted by atomic mass is 9.81. The molecule has 22 heavy (non-hydrogen) atoms. The van der Waals surface area contributed by atoms with Crippen LogP contribution in [0.5, 0.6) is 0 Å². The van der Waals surface area contributed by atoms with Gasteiger partial charge in [-0.3, -0.25) is 14.4 Å². The lowest BCUT2D eigenvalue weighted by Gasteiger charge is -2.19. The van der Waals surface area contributed by atoms with E-state index in [-0.39, 0.29) is 35.7 Å². The Balaban J connectivity index is 2.45. The predicted molar refractivity (Wildman–Crippen MR) is 89.4 cm³/mol. The largest absolute Gasteiger partial charge is 0.298 e. The normalized spacial score (nSPS) is 16.8. The molecule has 118 valence electrons. The Kier molecular flexibility index (Phi) is 5.16. The fourth-order valence-corrected chi connectivity index (χ4v) is 3.92. The van der Waals surface area contributed by atoms with Crippen LogP contribution < -0.4 is 0 Å². The number of rotatable bonds is 4. The molecule has 1 aromatic carbocycles. The highest BCUT2D eigenvalue weighted by molar-refractivity contribution is 14.1.